The summed E-state index contributed by atoms with van der Waals surface area (Å²) in [7, 11) is 3.15. The van der Waals surface area contributed by atoms with Crippen molar-refractivity contribution in [2.75, 3.05) is 26.1 Å². The number of amides is 1. The fraction of sp³-hybridized carbons (Fsp3) is 0.176. The molecule has 24 heavy (non-hydrogen) atoms. The first-order chi connectivity index (χ1) is 11.6. The maximum Gasteiger partial charge on any atom is 0.259 e. The lowest BCUT2D eigenvalue weighted by atomic mass is 10.2. The van der Waals surface area contributed by atoms with E-state index in [1.807, 2.05) is 24.3 Å². The molecule has 0 bridgehead atoms. The second-order valence-electron chi connectivity index (χ2n) is 4.76. The average Bonchev–Trinajstić information content (AvgIpc) is 2.60. The van der Waals surface area contributed by atoms with Gasteiger partial charge >= 0.3 is 0 Å². The van der Waals surface area contributed by atoms with Crippen LogP contribution in [0.1, 0.15) is 5.56 Å². The number of ether oxygens (including phenoxy) is 2. The molecule has 0 heterocycles. The molecule has 1 amide bonds. The number of halogens is 1. The molecule has 0 fully saturated rings. The van der Waals surface area contributed by atoms with Gasteiger partial charge in [-0.1, -0.05) is 22.0 Å². The Bertz CT molecular complexity index is 735. The average molecular weight is 392 g/mol. The van der Waals surface area contributed by atoms with E-state index >= 15 is 0 Å². The number of benzene rings is 2. The molecule has 0 aromatic heterocycles. The zero-order valence-corrected chi connectivity index (χ0v) is 15.0. The number of hydrogen-bond acceptors (Lipinski definition) is 5. The first kappa shape index (κ1) is 17.8. The Kier molecular flexibility index (Phi) is 6.62. The van der Waals surface area contributed by atoms with Crippen LogP contribution < -0.4 is 20.2 Å². The molecule has 7 heteroatoms. The summed E-state index contributed by atoms with van der Waals surface area (Å²) in [5, 5.41) is 6.96. The summed E-state index contributed by atoms with van der Waals surface area (Å²) >= 11 is 3.38. The number of hydrazone groups is 1. The Morgan fingerprint density at radius 1 is 1.21 bits per heavy atom. The zero-order valence-electron chi connectivity index (χ0n) is 13.4. The fourth-order valence-electron chi connectivity index (χ4n) is 1.92. The van der Waals surface area contributed by atoms with E-state index in [4.69, 9.17) is 9.47 Å². The molecule has 6 nitrogen and oxygen atoms in total. The van der Waals surface area contributed by atoms with E-state index in [0.717, 1.165) is 15.7 Å². The molecule has 0 aliphatic rings. The molecule has 0 saturated heterocycles. The maximum atomic E-state index is 11.8. The summed E-state index contributed by atoms with van der Waals surface area (Å²) in [6.45, 7) is 0.119. The predicted octanol–water partition coefficient (Wildman–Crippen LogP) is 3.03. The van der Waals surface area contributed by atoms with Gasteiger partial charge in [0.05, 0.1) is 27.0 Å². The van der Waals surface area contributed by atoms with Crippen molar-refractivity contribution < 1.29 is 14.3 Å². The van der Waals surface area contributed by atoms with Crippen LogP contribution in [0.25, 0.3) is 0 Å². The van der Waals surface area contributed by atoms with Gasteiger partial charge in [-0.15, -0.1) is 0 Å². The van der Waals surface area contributed by atoms with Gasteiger partial charge in [-0.05, 0) is 30.3 Å². The third-order valence-corrected chi connectivity index (χ3v) is 3.60. The van der Waals surface area contributed by atoms with E-state index in [9.17, 15) is 4.79 Å². The van der Waals surface area contributed by atoms with Crippen LogP contribution in [-0.2, 0) is 4.79 Å². The quantitative estimate of drug-likeness (QED) is 0.561. The third kappa shape index (κ3) is 5.27. The van der Waals surface area contributed by atoms with Crippen LogP contribution in [0.15, 0.2) is 52.0 Å². The van der Waals surface area contributed by atoms with Gasteiger partial charge in [0.15, 0.2) is 0 Å². The molecule has 126 valence electrons. The smallest absolute Gasteiger partial charge is 0.259 e. The van der Waals surface area contributed by atoms with Crippen LogP contribution in [0, 0.1) is 0 Å². The lowest BCUT2D eigenvalue weighted by Crippen LogP contribution is -2.25. The number of carbonyl (C=O) groups excluding carboxylic acids is 1. The second kappa shape index (κ2) is 8.93. The number of hydrogen-bond donors (Lipinski definition) is 2. The van der Waals surface area contributed by atoms with Crippen molar-refractivity contribution in [1.29, 1.82) is 0 Å². The first-order valence-corrected chi connectivity index (χ1v) is 7.95. The van der Waals surface area contributed by atoms with Crippen LogP contribution in [0.2, 0.25) is 0 Å². The lowest BCUT2D eigenvalue weighted by Gasteiger charge is -2.07. The maximum absolute atomic E-state index is 11.8. The van der Waals surface area contributed by atoms with Crippen LogP contribution in [0.4, 0.5) is 5.69 Å². The summed E-state index contributed by atoms with van der Waals surface area (Å²) in [6, 6.07) is 12.9. The highest BCUT2D eigenvalue weighted by Gasteiger charge is 2.03. The lowest BCUT2D eigenvalue weighted by molar-refractivity contribution is -0.119. The minimum atomic E-state index is -0.251. The predicted molar refractivity (Wildman–Crippen MR) is 97.9 cm³/mol. The molecular weight excluding hydrogens is 374 g/mol. The molecule has 0 unspecified atom stereocenters. The largest absolute Gasteiger partial charge is 0.497 e. The normalized spacial score (nSPS) is 10.5. The van der Waals surface area contributed by atoms with Gasteiger partial charge in [0, 0.05) is 21.8 Å². The molecule has 0 atom stereocenters. The molecule has 0 spiro atoms. The topological polar surface area (TPSA) is 72.0 Å². The van der Waals surface area contributed by atoms with E-state index in [1.165, 1.54) is 6.21 Å². The molecular formula is C17H18BrN3O3. The fourth-order valence-corrected chi connectivity index (χ4v) is 2.32. The number of anilines is 1. The minimum Gasteiger partial charge on any atom is -0.497 e. The summed E-state index contributed by atoms with van der Waals surface area (Å²) in [5.74, 6) is 1.05. The standard InChI is InChI=1S/C17H18BrN3O3/c1-23-15-7-6-12(16(9-15)24-2)10-20-21-17(22)11-19-14-5-3-4-13(18)8-14/h3-10,19H,11H2,1-2H3,(H,21,22)/b20-10-. The van der Waals surface area contributed by atoms with E-state index in [2.05, 4.69) is 31.8 Å². The highest BCUT2D eigenvalue weighted by atomic mass is 79.9. The molecule has 2 N–H and O–H groups in total. The van der Waals surface area contributed by atoms with Crippen LogP contribution in [-0.4, -0.2) is 32.9 Å². The van der Waals surface area contributed by atoms with Crippen molar-refractivity contribution in [2.24, 2.45) is 5.10 Å². The minimum absolute atomic E-state index is 0.119. The summed E-state index contributed by atoms with van der Waals surface area (Å²) in [4.78, 5) is 11.8. The summed E-state index contributed by atoms with van der Waals surface area (Å²) < 4.78 is 11.3. The van der Waals surface area contributed by atoms with Crippen molar-refractivity contribution >= 4 is 33.7 Å². The number of rotatable bonds is 7. The summed E-state index contributed by atoms with van der Waals surface area (Å²) in [6.07, 6.45) is 1.52. The van der Waals surface area contributed by atoms with E-state index < -0.39 is 0 Å². The number of carbonyl (C=O) groups is 1. The van der Waals surface area contributed by atoms with Crippen molar-refractivity contribution in [1.82, 2.24) is 5.43 Å². The third-order valence-electron chi connectivity index (χ3n) is 3.11. The van der Waals surface area contributed by atoms with Crippen molar-refractivity contribution in [3.8, 4) is 11.5 Å². The summed E-state index contributed by atoms with van der Waals surface area (Å²) in [5.41, 5.74) is 4.05. The molecule has 0 aliphatic carbocycles. The Morgan fingerprint density at radius 3 is 2.75 bits per heavy atom. The molecule has 0 saturated carbocycles. The number of nitrogens with one attached hydrogen (secondary N) is 2. The monoisotopic (exact) mass is 391 g/mol. The van der Waals surface area contributed by atoms with Gasteiger partial charge in [0.1, 0.15) is 11.5 Å². The van der Waals surface area contributed by atoms with E-state index in [1.54, 1.807) is 32.4 Å². The van der Waals surface area contributed by atoms with Gasteiger partial charge in [-0.3, -0.25) is 4.79 Å². The van der Waals surface area contributed by atoms with Gasteiger partial charge in [-0.2, -0.15) is 5.10 Å². The SMILES string of the molecule is COc1ccc(/C=N\NC(=O)CNc2cccc(Br)c2)c(OC)c1. The first-order valence-electron chi connectivity index (χ1n) is 7.15. The highest BCUT2D eigenvalue weighted by Crippen LogP contribution is 2.23. The Balaban J connectivity index is 1.88. The van der Waals surface area contributed by atoms with Gasteiger partial charge < -0.3 is 14.8 Å². The van der Waals surface area contributed by atoms with Crippen LogP contribution in [0.3, 0.4) is 0 Å². The van der Waals surface area contributed by atoms with Gasteiger partial charge in [0.2, 0.25) is 0 Å². The van der Waals surface area contributed by atoms with Crippen LogP contribution in [0.5, 0.6) is 11.5 Å². The van der Waals surface area contributed by atoms with Crippen LogP contribution >= 0.6 is 15.9 Å². The highest BCUT2D eigenvalue weighted by molar-refractivity contribution is 9.10. The number of nitrogens with zero attached hydrogens (tertiary/aromatic N) is 1. The van der Waals surface area contributed by atoms with E-state index in [0.29, 0.717) is 11.5 Å². The Labute approximate surface area is 149 Å². The van der Waals surface area contributed by atoms with E-state index in [-0.39, 0.29) is 12.5 Å². The molecule has 2 rings (SSSR count). The van der Waals surface area contributed by atoms with Crippen molar-refractivity contribution in [3.05, 3.63) is 52.5 Å². The zero-order chi connectivity index (χ0) is 17.4. The van der Waals surface area contributed by atoms with Crippen molar-refractivity contribution in [2.45, 2.75) is 0 Å². The van der Waals surface area contributed by atoms with Gasteiger partial charge in [0.25, 0.3) is 5.91 Å². The van der Waals surface area contributed by atoms with Crippen molar-refractivity contribution in [3.63, 3.8) is 0 Å². The van der Waals surface area contributed by atoms with Gasteiger partial charge in [-0.25, -0.2) is 5.43 Å². The molecule has 2 aromatic rings. The second-order valence-corrected chi connectivity index (χ2v) is 5.68. The Morgan fingerprint density at radius 2 is 2.04 bits per heavy atom. The molecule has 2 aromatic carbocycles. The molecule has 0 aliphatic heterocycles. The Hall–Kier alpha value is -2.54. The number of methoxy groups -OCH3 is 2. The molecule has 0 radical (unpaired) electrons.